The third-order valence-corrected chi connectivity index (χ3v) is 12.4. The van der Waals surface area contributed by atoms with Crippen molar-refractivity contribution < 1.29 is 17.4 Å². The molecule has 2 aromatic heterocycles. The van der Waals surface area contributed by atoms with Crippen LogP contribution in [0.15, 0.2) is 134 Å². The maximum Gasteiger partial charge on any atom is 0.149 e. The second-order valence-corrected chi connectivity index (χ2v) is 20.5. The number of nitrogens with zero attached hydrogens (tertiary/aromatic N) is 3. The normalized spacial score (nSPS) is 15.3. The van der Waals surface area contributed by atoms with Crippen molar-refractivity contribution in [2.45, 2.75) is 118 Å². The van der Waals surface area contributed by atoms with Crippen LogP contribution >= 0.6 is 0 Å². The number of para-hydroxylation sites is 1. The van der Waals surface area contributed by atoms with E-state index in [2.05, 4.69) is 140 Å². The molecular weight excluding hydrogens is 779 g/mol. The molecule has 0 saturated carbocycles. The number of rotatable bonds is 6. The first-order chi connectivity index (χ1) is 33.7. The number of hydrogen-bond acceptors (Lipinski definition) is 3. The molecule has 4 heteroatoms. The molecule has 2 heterocycles. The summed E-state index contributed by atoms with van der Waals surface area (Å²) in [5.74, 6) is 0.763. The molecule has 0 aliphatic rings. The van der Waals surface area contributed by atoms with Gasteiger partial charge in [0.05, 0.1) is 28.0 Å². The maximum atomic E-state index is 11.9. The minimum Gasteiger partial charge on any atom is -0.507 e. The Morgan fingerprint density at radius 3 is 1.75 bits per heavy atom. The number of fused-ring (bicyclic) bond motifs is 1. The summed E-state index contributed by atoms with van der Waals surface area (Å²) < 4.78 is 76.0. The van der Waals surface area contributed by atoms with E-state index in [4.69, 9.17) is 22.3 Å². The summed E-state index contributed by atoms with van der Waals surface area (Å²) >= 11 is 0. The average molecular weight is 853 g/mol. The van der Waals surface area contributed by atoms with Gasteiger partial charge in [-0.1, -0.05) is 162 Å². The lowest BCUT2D eigenvalue weighted by molar-refractivity contribution is 0.472. The Balaban J connectivity index is 1.34. The number of aromatic nitrogens is 3. The standard InChI is InChI=1S/C60H65N3O/c1-37-30-38(2)55(64)50(31-37)56-62-54-48(16-15-17-53(54)63(56)52-27-26-46(59(9,10)11)36-49(52)40-20-24-45(25-21-40)58(6,7)8)42-32-43(34-47(33-42)60(12,13)14)51-35-41(28-29-61-51)39-18-22-44(23-19-39)57(3,4)5/h15-36,64H,1-14H3/i3D3,4D3,5D3. The van der Waals surface area contributed by atoms with Gasteiger partial charge in [-0.2, -0.15) is 0 Å². The van der Waals surface area contributed by atoms with Crippen molar-refractivity contribution in [2.24, 2.45) is 0 Å². The van der Waals surface area contributed by atoms with Crippen molar-refractivity contribution in [1.29, 1.82) is 0 Å². The number of phenols is 1. The van der Waals surface area contributed by atoms with Crippen molar-refractivity contribution in [2.75, 3.05) is 0 Å². The van der Waals surface area contributed by atoms with E-state index in [0.29, 0.717) is 28.2 Å². The number of aromatic hydroxyl groups is 1. The highest BCUT2D eigenvalue weighted by atomic mass is 16.3. The molecule has 0 amide bonds. The van der Waals surface area contributed by atoms with Crippen LogP contribution < -0.4 is 0 Å². The molecule has 0 atom stereocenters. The molecule has 8 rings (SSSR count). The van der Waals surface area contributed by atoms with Crippen molar-refractivity contribution in [3.05, 3.63) is 167 Å². The molecular formula is C60H65N3O. The third-order valence-electron chi connectivity index (χ3n) is 12.4. The molecule has 8 aromatic rings. The molecule has 0 radical (unpaired) electrons. The van der Waals surface area contributed by atoms with Crippen LogP contribution in [0.5, 0.6) is 5.75 Å². The van der Waals surface area contributed by atoms with Crippen LogP contribution in [0.4, 0.5) is 0 Å². The molecule has 1 N–H and O–H groups in total. The van der Waals surface area contributed by atoms with Gasteiger partial charge in [-0.05, 0) is 140 Å². The lowest BCUT2D eigenvalue weighted by Crippen LogP contribution is -2.12. The molecule has 6 aromatic carbocycles. The van der Waals surface area contributed by atoms with Crippen molar-refractivity contribution in [3.63, 3.8) is 0 Å². The van der Waals surface area contributed by atoms with Crippen molar-refractivity contribution in [3.8, 4) is 67.5 Å². The number of benzene rings is 6. The molecule has 0 fully saturated rings. The Morgan fingerprint density at radius 1 is 0.500 bits per heavy atom. The molecule has 64 heavy (non-hydrogen) atoms. The zero-order valence-corrected chi connectivity index (χ0v) is 39.0. The molecule has 0 bridgehead atoms. The number of hydrogen-bond donors (Lipinski definition) is 1. The summed E-state index contributed by atoms with van der Waals surface area (Å²) in [5.41, 5.74) is 11.2. The summed E-state index contributed by atoms with van der Waals surface area (Å²) in [4.78, 5) is 10.4. The quantitative estimate of drug-likeness (QED) is 0.181. The highest BCUT2D eigenvalue weighted by molar-refractivity contribution is 5.98. The van der Waals surface area contributed by atoms with Crippen LogP contribution in [-0.4, -0.2) is 19.6 Å². The van der Waals surface area contributed by atoms with Gasteiger partial charge in [0.2, 0.25) is 0 Å². The summed E-state index contributed by atoms with van der Waals surface area (Å²) in [6.45, 7) is 13.6. The minimum atomic E-state index is -3.37. The van der Waals surface area contributed by atoms with Gasteiger partial charge >= 0.3 is 0 Å². The lowest BCUT2D eigenvalue weighted by Gasteiger charge is -2.24. The van der Waals surface area contributed by atoms with E-state index in [1.54, 1.807) is 24.4 Å². The maximum absolute atomic E-state index is 11.9. The second-order valence-electron chi connectivity index (χ2n) is 20.5. The van der Waals surface area contributed by atoms with E-state index in [9.17, 15) is 5.11 Å². The first kappa shape index (κ1) is 34.2. The van der Waals surface area contributed by atoms with Gasteiger partial charge in [-0.15, -0.1) is 0 Å². The molecule has 0 unspecified atom stereocenters. The minimum absolute atomic E-state index is 0.0259. The van der Waals surface area contributed by atoms with Gasteiger partial charge in [0.15, 0.2) is 0 Å². The monoisotopic (exact) mass is 853 g/mol. The van der Waals surface area contributed by atoms with Crippen molar-refractivity contribution >= 4 is 11.0 Å². The highest BCUT2D eigenvalue weighted by Gasteiger charge is 2.26. The van der Waals surface area contributed by atoms with E-state index in [-0.39, 0.29) is 27.6 Å². The Morgan fingerprint density at radius 2 is 1.11 bits per heavy atom. The van der Waals surface area contributed by atoms with Crippen LogP contribution in [0.1, 0.15) is 129 Å². The number of phenolic OH excluding ortho intramolecular Hbond substituents is 1. The summed E-state index contributed by atoms with van der Waals surface area (Å²) in [6, 6.07) is 41.5. The largest absolute Gasteiger partial charge is 0.507 e. The molecule has 4 nitrogen and oxygen atoms in total. The summed E-state index contributed by atoms with van der Waals surface area (Å²) in [6.07, 6.45) is 1.68. The SMILES string of the molecule is [2H]C([2H])([2H])C(c1ccc(-c2ccnc(-c3cc(-c4cccc5c4nc(-c4cc(C)cc(C)c4O)n5-c4ccc(C(C)(C)C)cc4-c4ccc(C(C)(C)C)cc4)cc(C(C)(C)C)c3)c2)cc1)(C([2H])([2H])[2H])C([2H])([2H])[2H]. The van der Waals surface area contributed by atoms with E-state index in [1.807, 2.05) is 38.1 Å². The topological polar surface area (TPSA) is 50.9 Å². The van der Waals surface area contributed by atoms with E-state index < -0.39 is 26.0 Å². The van der Waals surface area contributed by atoms with Crippen LogP contribution in [0.3, 0.4) is 0 Å². The van der Waals surface area contributed by atoms with Crippen LogP contribution in [0, 0.1) is 13.8 Å². The highest BCUT2D eigenvalue weighted by Crippen LogP contribution is 2.44. The van der Waals surface area contributed by atoms with E-state index in [0.717, 1.165) is 61.2 Å². The van der Waals surface area contributed by atoms with E-state index in [1.165, 1.54) is 23.3 Å². The summed E-state index contributed by atoms with van der Waals surface area (Å²) in [5, 5.41) is 11.9. The number of imidazole rings is 1. The zero-order chi connectivity index (χ0) is 53.6. The molecule has 0 saturated heterocycles. The van der Waals surface area contributed by atoms with Gasteiger partial charge in [0.25, 0.3) is 0 Å². The molecule has 0 aliphatic carbocycles. The van der Waals surface area contributed by atoms with Crippen LogP contribution in [0.25, 0.3) is 72.7 Å². The lowest BCUT2D eigenvalue weighted by atomic mass is 9.83. The Bertz CT molecular complexity index is 3340. The Labute approximate surface area is 394 Å². The van der Waals surface area contributed by atoms with Crippen LogP contribution in [0.2, 0.25) is 0 Å². The first-order valence-corrected chi connectivity index (χ1v) is 22.0. The van der Waals surface area contributed by atoms with Crippen LogP contribution in [-0.2, 0) is 21.7 Å². The fraction of sp³-hybridized carbons (Fsp3) is 0.300. The van der Waals surface area contributed by atoms with Gasteiger partial charge in [-0.25, -0.2) is 4.98 Å². The zero-order valence-electron chi connectivity index (χ0n) is 48.0. The van der Waals surface area contributed by atoms with Gasteiger partial charge < -0.3 is 5.11 Å². The predicted molar refractivity (Wildman–Crippen MR) is 272 cm³/mol. The average Bonchev–Trinajstić information content (AvgIpc) is 3.67. The fourth-order valence-electron chi connectivity index (χ4n) is 8.51. The van der Waals surface area contributed by atoms with Gasteiger partial charge in [0.1, 0.15) is 11.6 Å². The molecule has 326 valence electrons. The number of aryl methyl sites for hydroxylation is 2. The first-order valence-electron chi connectivity index (χ1n) is 26.5. The second kappa shape index (κ2) is 16.1. The molecule has 0 aliphatic heterocycles. The number of pyridine rings is 1. The Kier molecular flexibility index (Phi) is 8.58. The smallest absolute Gasteiger partial charge is 0.149 e. The van der Waals surface area contributed by atoms with Gasteiger partial charge in [-0.3, -0.25) is 9.55 Å². The fourth-order valence-corrected chi connectivity index (χ4v) is 8.51. The Hall–Kier alpha value is -6.26. The van der Waals surface area contributed by atoms with Gasteiger partial charge in [0, 0.05) is 35.2 Å². The third kappa shape index (κ3) is 8.68. The molecule has 0 spiro atoms. The van der Waals surface area contributed by atoms with Crippen molar-refractivity contribution in [1.82, 2.24) is 14.5 Å². The summed E-state index contributed by atoms with van der Waals surface area (Å²) in [7, 11) is 0. The van der Waals surface area contributed by atoms with E-state index >= 15 is 0 Å². The predicted octanol–water partition coefficient (Wildman–Crippen LogP) is 16.3.